The minimum absolute atomic E-state index is 0.298. The van der Waals surface area contributed by atoms with Crippen LogP contribution < -0.4 is 10.6 Å². The van der Waals surface area contributed by atoms with Gasteiger partial charge in [-0.05, 0) is 41.9 Å². The fourth-order valence-electron chi connectivity index (χ4n) is 1.23. The molecule has 0 aliphatic heterocycles. The van der Waals surface area contributed by atoms with E-state index in [4.69, 9.17) is 5.11 Å². The monoisotopic (exact) mass is 287 g/mol. The van der Waals surface area contributed by atoms with Gasteiger partial charge in [-0.15, -0.1) is 0 Å². The minimum Gasteiger partial charge on any atom is -0.392 e. The Morgan fingerprint density at radius 3 is 2.81 bits per heavy atom. The van der Waals surface area contributed by atoms with Crippen LogP contribution in [0.4, 0.5) is 5.82 Å². The Hall–Kier alpha value is -0.650. The third kappa shape index (κ3) is 4.92. The van der Waals surface area contributed by atoms with E-state index in [0.29, 0.717) is 6.54 Å². The molecule has 0 aliphatic carbocycles. The first-order valence-corrected chi connectivity index (χ1v) is 6.14. The zero-order chi connectivity index (χ0) is 12.0. The van der Waals surface area contributed by atoms with Gasteiger partial charge in [-0.25, -0.2) is 4.98 Å². The van der Waals surface area contributed by atoms with Crippen molar-refractivity contribution in [3.05, 3.63) is 22.3 Å². The number of hydrogen-bond acceptors (Lipinski definition) is 4. The summed E-state index contributed by atoms with van der Waals surface area (Å²) in [6, 6.07) is 3.92. The minimum atomic E-state index is -0.298. The third-order valence-corrected chi connectivity index (χ3v) is 2.91. The van der Waals surface area contributed by atoms with Crippen molar-refractivity contribution < 1.29 is 5.11 Å². The SMILES string of the molecule is Cc1nc(NCCNCC(C)O)ccc1Br. The summed E-state index contributed by atoms with van der Waals surface area (Å²) in [7, 11) is 0. The van der Waals surface area contributed by atoms with Crippen molar-refractivity contribution in [3.63, 3.8) is 0 Å². The highest BCUT2D eigenvalue weighted by molar-refractivity contribution is 9.10. The van der Waals surface area contributed by atoms with E-state index in [-0.39, 0.29) is 6.10 Å². The Labute approximate surface area is 105 Å². The molecule has 0 aliphatic rings. The van der Waals surface area contributed by atoms with Crippen LogP contribution in [-0.4, -0.2) is 35.8 Å². The summed E-state index contributed by atoms with van der Waals surface area (Å²) in [6.45, 7) is 5.94. The molecular formula is C11H18BrN3O. The number of aromatic nitrogens is 1. The van der Waals surface area contributed by atoms with Gasteiger partial charge in [0.05, 0.1) is 11.8 Å². The van der Waals surface area contributed by atoms with Crippen molar-refractivity contribution in [3.8, 4) is 0 Å². The number of halogens is 1. The second-order valence-corrected chi connectivity index (χ2v) is 4.60. The summed E-state index contributed by atoms with van der Waals surface area (Å²) in [5, 5.41) is 15.4. The average Bonchev–Trinajstić information content (AvgIpc) is 2.22. The molecule has 16 heavy (non-hydrogen) atoms. The molecule has 0 bridgehead atoms. The molecule has 4 nitrogen and oxygen atoms in total. The molecular weight excluding hydrogens is 270 g/mol. The summed E-state index contributed by atoms with van der Waals surface area (Å²) in [6.07, 6.45) is -0.298. The Bertz CT molecular complexity index is 331. The topological polar surface area (TPSA) is 57.2 Å². The molecule has 1 heterocycles. The van der Waals surface area contributed by atoms with Gasteiger partial charge in [0.1, 0.15) is 5.82 Å². The number of nitrogens with one attached hydrogen (secondary N) is 2. The first kappa shape index (κ1) is 13.4. The number of pyridine rings is 1. The van der Waals surface area contributed by atoms with Gasteiger partial charge in [-0.3, -0.25) is 0 Å². The molecule has 1 rings (SSSR count). The van der Waals surface area contributed by atoms with Gasteiger partial charge in [0.25, 0.3) is 0 Å². The maximum atomic E-state index is 9.04. The summed E-state index contributed by atoms with van der Waals surface area (Å²) >= 11 is 3.41. The molecule has 90 valence electrons. The number of aryl methyl sites for hydroxylation is 1. The molecule has 0 saturated carbocycles. The normalized spacial score (nSPS) is 12.5. The quantitative estimate of drug-likeness (QED) is 0.695. The standard InChI is InChI=1S/C11H18BrN3O/c1-8(16)7-13-5-6-14-11-4-3-10(12)9(2)15-11/h3-4,8,13,16H,5-7H2,1-2H3,(H,14,15). The van der Waals surface area contributed by atoms with Gasteiger partial charge in [0.2, 0.25) is 0 Å². The molecule has 0 saturated heterocycles. The molecule has 1 aromatic rings. The van der Waals surface area contributed by atoms with E-state index in [9.17, 15) is 0 Å². The van der Waals surface area contributed by atoms with Crippen LogP contribution in [0.1, 0.15) is 12.6 Å². The van der Waals surface area contributed by atoms with E-state index in [1.807, 2.05) is 19.1 Å². The van der Waals surface area contributed by atoms with Crippen molar-refractivity contribution in [2.24, 2.45) is 0 Å². The number of nitrogens with zero attached hydrogens (tertiary/aromatic N) is 1. The number of aliphatic hydroxyl groups excluding tert-OH is 1. The summed E-state index contributed by atoms with van der Waals surface area (Å²) in [5.74, 6) is 0.875. The lowest BCUT2D eigenvalue weighted by molar-refractivity contribution is 0.192. The zero-order valence-corrected chi connectivity index (χ0v) is 11.2. The first-order valence-electron chi connectivity index (χ1n) is 5.35. The van der Waals surface area contributed by atoms with Crippen LogP contribution >= 0.6 is 15.9 Å². The molecule has 0 radical (unpaired) electrons. The van der Waals surface area contributed by atoms with Gasteiger partial charge in [0, 0.05) is 24.1 Å². The van der Waals surface area contributed by atoms with Crippen LogP contribution in [0.3, 0.4) is 0 Å². The van der Waals surface area contributed by atoms with Crippen molar-refractivity contribution >= 4 is 21.7 Å². The molecule has 3 N–H and O–H groups in total. The highest BCUT2D eigenvalue weighted by Gasteiger charge is 1.98. The third-order valence-electron chi connectivity index (χ3n) is 2.07. The lowest BCUT2D eigenvalue weighted by atomic mass is 10.3. The van der Waals surface area contributed by atoms with Gasteiger partial charge in [-0.1, -0.05) is 0 Å². The lowest BCUT2D eigenvalue weighted by Crippen LogP contribution is -2.29. The van der Waals surface area contributed by atoms with Crippen LogP contribution in [0.25, 0.3) is 0 Å². The first-order chi connectivity index (χ1) is 7.59. The number of hydrogen-bond donors (Lipinski definition) is 3. The molecule has 1 unspecified atom stereocenters. The Morgan fingerprint density at radius 2 is 2.19 bits per heavy atom. The van der Waals surface area contributed by atoms with E-state index in [2.05, 4.69) is 31.5 Å². The Kier molecular flexibility index (Phi) is 5.73. The highest BCUT2D eigenvalue weighted by atomic mass is 79.9. The Morgan fingerprint density at radius 1 is 1.44 bits per heavy atom. The van der Waals surface area contributed by atoms with Crippen LogP contribution in [0.2, 0.25) is 0 Å². The van der Waals surface area contributed by atoms with Crippen molar-refractivity contribution in [1.29, 1.82) is 0 Å². The summed E-state index contributed by atoms with van der Waals surface area (Å²) in [5.41, 5.74) is 0.974. The van der Waals surface area contributed by atoms with E-state index < -0.39 is 0 Å². The van der Waals surface area contributed by atoms with Crippen molar-refractivity contribution in [1.82, 2.24) is 10.3 Å². The second-order valence-electron chi connectivity index (χ2n) is 3.74. The molecule has 0 amide bonds. The van der Waals surface area contributed by atoms with Gasteiger partial charge in [0.15, 0.2) is 0 Å². The molecule has 0 fully saturated rings. The van der Waals surface area contributed by atoms with Crippen molar-refractivity contribution in [2.45, 2.75) is 20.0 Å². The summed E-state index contributed by atoms with van der Waals surface area (Å²) in [4.78, 5) is 4.37. The van der Waals surface area contributed by atoms with Gasteiger partial charge >= 0.3 is 0 Å². The maximum Gasteiger partial charge on any atom is 0.126 e. The van der Waals surface area contributed by atoms with Gasteiger partial charge in [-0.2, -0.15) is 0 Å². The van der Waals surface area contributed by atoms with E-state index in [1.54, 1.807) is 6.92 Å². The fraction of sp³-hybridized carbons (Fsp3) is 0.545. The predicted octanol–water partition coefficient (Wildman–Crippen LogP) is 1.53. The number of anilines is 1. The smallest absolute Gasteiger partial charge is 0.126 e. The molecule has 1 aromatic heterocycles. The maximum absolute atomic E-state index is 9.04. The van der Waals surface area contributed by atoms with E-state index >= 15 is 0 Å². The second kappa shape index (κ2) is 6.83. The highest BCUT2D eigenvalue weighted by Crippen LogP contribution is 2.15. The molecule has 5 heteroatoms. The van der Waals surface area contributed by atoms with Crippen molar-refractivity contribution in [2.75, 3.05) is 25.0 Å². The summed E-state index contributed by atoms with van der Waals surface area (Å²) < 4.78 is 1.02. The van der Waals surface area contributed by atoms with Gasteiger partial charge < -0.3 is 15.7 Å². The fourth-order valence-corrected chi connectivity index (χ4v) is 1.45. The number of aliphatic hydroxyl groups is 1. The van der Waals surface area contributed by atoms with E-state index in [1.165, 1.54) is 0 Å². The molecule has 1 atom stereocenters. The zero-order valence-electron chi connectivity index (χ0n) is 9.63. The average molecular weight is 288 g/mol. The van der Waals surface area contributed by atoms with Crippen LogP contribution in [0, 0.1) is 6.92 Å². The molecule has 0 aromatic carbocycles. The Balaban J connectivity index is 2.24. The largest absolute Gasteiger partial charge is 0.392 e. The van der Waals surface area contributed by atoms with Crippen LogP contribution in [0.5, 0.6) is 0 Å². The predicted molar refractivity (Wildman–Crippen MR) is 69.7 cm³/mol. The van der Waals surface area contributed by atoms with Crippen LogP contribution in [0.15, 0.2) is 16.6 Å². The molecule has 0 spiro atoms. The lowest BCUT2D eigenvalue weighted by Gasteiger charge is -2.09. The van der Waals surface area contributed by atoms with Crippen LogP contribution in [-0.2, 0) is 0 Å². The van der Waals surface area contributed by atoms with E-state index in [0.717, 1.165) is 29.1 Å². The number of rotatable bonds is 6.